The Hall–Kier alpha value is -2.94. The van der Waals surface area contributed by atoms with E-state index in [1.54, 1.807) is 41.3 Å². The average molecular weight is 442 g/mol. The summed E-state index contributed by atoms with van der Waals surface area (Å²) in [5.74, 6) is -0.566. The van der Waals surface area contributed by atoms with E-state index >= 15 is 0 Å². The second-order valence-corrected chi connectivity index (χ2v) is 8.70. The Kier molecular flexibility index (Phi) is 4.92. The van der Waals surface area contributed by atoms with Gasteiger partial charge < -0.3 is 5.32 Å². The SMILES string of the molecule is O=C(CSc1nc2ccccc2n1C(F)F)N1c2ccccc2NC(=O)C12CCCC2. The first kappa shape index (κ1) is 20.0. The molecule has 1 N–H and O–H groups in total. The van der Waals surface area contributed by atoms with Crippen molar-refractivity contribution >= 4 is 46.0 Å². The number of hydrogen-bond acceptors (Lipinski definition) is 4. The van der Waals surface area contributed by atoms with Gasteiger partial charge in [0.2, 0.25) is 5.91 Å². The molecular weight excluding hydrogens is 422 g/mol. The van der Waals surface area contributed by atoms with Gasteiger partial charge in [-0.2, -0.15) is 8.78 Å². The molecule has 0 bridgehead atoms. The molecule has 1 saturated carbocycles. The van der Waals surface area contributed by atoms with E-state index in [2.05, 4.69) is 10.3 Å². The van der Waals surface area contributed by atoms with Crippen molar-refractivity contribution in [2.24, 2.45) is 0 Å². The minimum Gasteiger partial charge on any atom is -0.322 e. The molecule has 2 amide bonds. The first-order valence-electron chi connectivity index (χ1n) is 10.1. The number of para-hydroxylation sites is 4. The van der Waals surface area contributed by atoms with E-state index in [9.17, 15) is 18.4 Å². The maximum Gasteiger partial charge on any atom is 0.321 e. The Morgan fingerprint density at radius 1 is 1.13 bits per heavy atom. The number of nitrogens with zero attached hydrogens (tertiary/aromatic N) is 3. The number of benzene rings is 2. The Labute approximate surface area is 181 Å². The largest absolute Gasteiger partial charge is 0.322 e. The Morgan fingerprint density at radius 3 is 2.61 bits per heavy atom. The molecule has 160 valence electrons. The molecule has 0 radical (unpaired) electrons. The van der Waals surface area contributed by atoms with E-state index in [1.807, 2.05) is 12.1 Å². The summed E-state index contributed by atoms with van der Waals surface area (Å²) < 4.78 is 28.3. The zero-order valence-corrected chi connectivity index (χ0v) is 17.4. The van der Waals surface area contributed by atoms with Crippen molar-refractivity contribution in [3.8, 4) is 0 Å². The van der Waals surface area contributed by atoms with Gasteiger partial charge in [0.15, 0.2) is 5.16 Å². The van der Waals surface area contributed by atoms with E-state index < -0.39 is 12.1 Å². The summed E-state index contributed by atoms with van der Waals surface area (Å²) in [4.78, 5) is 32.3. The van der Waals surface area contributed by atoms with Crippen LogP contribution in [-0.4, -0.2) is 32.7 Å². The number of halogens is 2. The number of hydrogen-bond donors (Lipinski definition) is 1. The van der Waals surface area contributed by atoms with Gasteiger partial charge >= 0.3 is 6.55 Å². The monoisotopic (exact) mass is 442 g/mol. The summed E-state index contributed by atoms with van der Waals surface area (Å²) in [6, 6.07) is 13.9. The molecule has 2 aromatic carbocycles. The zero-order valence-electron chi connectivity index (χ0n) is 16.6. The van der Waals surface area contributed by atoms with Crippen molar-refractivity contribution < 1.29 is 18.4 Å². The zero-order chi connectivity index (χ0) is 21.6. The van der Waals surface area contributed by atoms with Crippen LogP contribution < -0.4 is 10.2 Å². The third-order valence-corrected chi connectivity index (χ3v) is 6.94. The van der Waals surface area contributed by atoms with Crippen LogP contribution >= 0.6 is 11.8 Å². The number of carbonyl (C=O) groups is 2. The predicted molar refractivity (Wildman–Crippen MR) is 115 cm³/mol. The third kappa shape index (κ3) is 3.18. The van der Waals surface area contributed by atoms with Crippen LogP contribution in [0.15, 0.2) is 53.7 Å². The fraction of sp³-hybridized carbons (Fsp3) is 0.318. The number of aromatic nitrogens is 2. The van der Waals surface area contributed by atoms with Crippen LogP contribution in [0.5, 0.6) is 0 Å². The van der Waals surface area contributed by atoms with E-state index in [1.165, 1.54) is 0 Å². The lowest BCUT2D eigenvalue weighted by molar-refractivity contribution is -0.126. The number of nitrogens with one attached hydrogen (secondary N) is 1. The number of thioether (sulfide) groups is 1. The molecule has 2 aliphatic rings. The summed E-state index contributed by atoms with van der Waals surface area (Å²) in [6.45, 7) is -2.77. The van der Waals surface area contributed by atoms with Crippen molar-refractivity contribution in [1.29, 1.82) is 0 Å². The van der Waals surface area contributed by atoms with Crippen LogP contribution in [0.1, 0.15) is 32.2 Å². The summed E-state index contributed by atoms with van der Waals surface area (Å²) in [7, 11) is 0. The number of imidazole rings is 1. The van der Waals surface area contributed by atoms with Crippen molar-refractivity contribution in [3.05, 3.63) is 48.5 Å². The van der Waals surface area contributed by atoms with Crippen molar-refractivity contribution in [2.75, 3.05) is 16.0 Å². The molecule has 9 heteroatoms. The summed E-state index contributed by atoms with van der Waals surface area (Å²) in [5, 5.41) is 3.02. The van der Waals surface area contributed by atoms with Gasteiger partial charge in [0.25, 0.3) is 5.91 Å². The van der Waals surface area contributed by atoms with Crippen LogP contribution in [0.4, 0.5) is 20.2 Å². The number of anilines is 2. The molecule has 3 aromatic rings. The number of rotatable bonds is 4. The van der Waals surface area contributed by atoms with E-state index in [0.29, 0.717) is 35.2 Å². The van der Waals surface area contributed by atoms with Gasteiger partial charge in [0, 0.05) is 0 Å². The molecule has 0 saturated heterocycles. The maximum atomic E-state index is 13.7. The van der Waals surface area contributed by atoms with Crippen LogP contribution in [0.3, 0.4) is 0 Å². The number of fused-ring (bicyclic) bond motifs is 2. The highest BCUT2D eigenvalue weighted by Gasteiger charge is 2.52. The summed E-state index contributed by atoms with van der Waals surface area (Å²) in [6.07, 6.45) is 2.87. The highest BCUT2D eigenvalue weighted by molar-refractivity contribution is 7.99. The van der Waals surface area contributed by atoms with Gasteiger partial charge in [-0.25, -0.2) is 4.98 Å². The lowest BCUT2D eigenvalue weighted by Crippen LogP contribution is -2.61. The average Bonchev–Trinajstić information content (AvgIpc) is 3.38. The van der Waals surface area contributed by atoms with Crippen molar-refractivity contribution in [2.45, 2.75) is 42.9 Å². The molecule has 6 nitrogen and oxygen atoms in total. The van der Waals surface area contributed by atoms with E-state index in [4.69, 9.17) is 0 Å². The molecule has 1 aliphatic carbocycles. The maximum absolute atomic E-state index is 13.7. The lowest BCUT2D eigenvalue weighted by atomic mass is 9.90. The standard InChI is InChI=1S/C22H20F2N4O2S/c23-20(24)27-16-9-3-1-7-14(16)26-21(27)31-13-18(29)28-17-10-4-2-8-15(17)25-19(30)22(28)11-5-6-12-22/h1-4,7-10,20H,5-6,11-13H2,(H,25,30). The minimum atomic E-state index is -2.77. The molecule has 1 aromatic heterocycles. The Balaban J connectivity index is 1.48. The van der Waals surface area contributed by atoms with Crippen LogP contribution in [0.2, 0.25) is 0 Å². The summed E-state index contributed by atoms with van der Waals surface area (Å²) >= 11 is 0.970. The first-order valence-corrected chi connectivity index (χ1v) is 11.1. The van der Waals surface area contributed by atoms with Crippen molar-refractivity contribution in [3.63, 3.8) is 0 Å². The minimum absolute atomic E-state index is 0.0831. The van der Waals surface area contributed by atoms with Gasteiger partial charge in [0.1, 0.15) is 5.54 Å². The lowest BCUT2D eigenvalue weighted by Gasteiger charge is -2.44. The molecule has 0 atom stereocenters. The molecule has 5 rings (SSSR count). The Morgan fingerprint density at radius 2 is 1.84 bits per heavy atom. The van der Waals surface area contributed by atoms with Gasteiger partial charge in [-0.3, -0.25) is 19.1 Å². The fourth-order valence-electron chi connectivity index (χ4n) is 4.63. The van der Waals surface area contributed by atoms with Crippen molar-refractivity contribution in [1.82, 2.24) is 9.55 Å². The summed E-state index contributed by atoms with van der Waals surface area (Å²) in [5.41, 5.74) is 1.09. The topological polar surface area (TPSA) is 67.2 Å². The second kappa shape index (κ2) is 7.64. The molecule has 2 heterocycles. The smallest absolute Gasteiger partial charge is 0.321 e. The van der Waals surface area contributed by atoms with Crippen LogP contribution in [0.25, 0.3) is 11.0 Å². The highest BCUT2D eigenvalue weighted by Crippen LogP contribution is 2.45. The van der Waals surface area contributed by atoms with E-state index in [0.717, 1.165) is 29.2 Å². The molecule has 1 fully saturated rings. The Bertz CT molecular complexity index is 1170. The van der Waals surface area contributed by atoms with Crippen LogP contribution in [-0.2, 0) is 9.59 Å². The predicted octanol–water partition coefficient (Wildman–Crippen LogP) is 4.82. The quantitative estimate of drug-likeness (QED) is 0.588. The number of alkyl halides is 2. The normalized spacial score (nSPS) is 17.4. The van der Waals surface area contributed by atoms with Crippen LogP contribution in [0, 0.1) is 0 Å². The third-order valence-electron chi connectivity index (χ3n) is 6.01. The number of carbonyl (C=O) groups excluding carboxylic acids is 2. The number of amides is 2. The molecule has 31 heavy (non-hydrogen) atoms. The second-order valence-electron chi connectivity index (χ2n) is 7.76. The fourth-order valence-corrected chi connectivity index (χ4v) is 5.49. The highest BCUT2D eigenvalue weighted by atomic mass is 32.2. The van der Waals surface area contributed by atoms with E-state index in [-0.39, 0.29) is 22.7 Å². The van der Waals surface area contributed by atoms with Gasteiger partial charge in [-0.1, -0.05) is 48.9 Å². The van der Waals surface area contributed by atoms with Gasteiger partial charge in [-0.05, 0) is 37.1 Å². The molecule has 1 aliphatic heterocycles. The van der Waals surface area contributed by atoms with Gasteiger partial charge in [-0.15, -0.1) is 0 Å². The molecule has 1 spiro atoms. The molecular formula is C22H20F2N4O2S. The first-order chi connectivity index (χ1) is 15.0. The van der Waals surface area contributed by atoms with Gasteiger partial charge in [0.05, 0.1) is 28.2 Å². The molecule has 0 unspecified atom stereocenters.